The second-order valence-corrected chi connectivity index (χ2v) is 5.45. The first kappa shape index (κ1) is 13.9. The molecule has 18 heavy (non-hydrogen) atoms. The Kier molecular flexibility index (Phi) is 5.04. The van der Waals surface area contributed by atoms with Crippen molar-refractivity contribution in [1.29, 1.82) is 0 Å². The van der Waals surface area contributed by atoms with Crippen molar-refractivity contribution in [1.82, 2.24) is 5.32 Å². The molecule has 1 fully saturated rings. The zero-order chi connectivity index (χ0) is 13.0. The fourth-order valence-corrected chi connectivity index (χ4v) is 2.91. The fourth-order valence-electron chi connectivity index (χ4n) is 2.73. The molecule has 3 heteroatoms. The van der Waals surface area contributed by atoms with E-state index in [1.807, 2.05) is 6.07 Å². The number of hydrogen-bond acceptors (Lipinski definition) is 2. The van der Waals surface area contributed by atoms with Gasteiger partial charge >= 0.3 is 0 Å². The van der Waals surface area contributed by atoms with Crippen LogP contribution in [0.15, 0.2) is 18.2 Å². The Morgan fingerprint density at radius 2 is 2.33 bits per heavy atom. The standard InChI is InChI=1S/C15H22ClNO/c1-3-17-15(12-5-4-8-18-10-12)14-9-13(16)7-6-11(14)2/h6-7,9,12,15,17H,3-5,8,10H2,1-2H3. The van der Waals surface area contributed by atoms with Crippen molar-refractivity contribution >= 4 is 11.6 Å². The van der Waals surface area contributed by atoms with E-state index in [1.54, 1.807) is 0 Å². The van der Waals surface area contributed by atoms with Gasteiger partial charge in [-0.2, -0.15) is 0 Å². The molecule has 0 amide bonds. The zero-order valence-corrected chi connectivity index (χ0v) is 12.0. The molecule has 2 nitrogen and oxygen atoms in total. The van der Waals surface area contributed by atoms with Crippen molar-refractivity contribution in [2.24, 2.45) is 5.92 Å². The number of hydrogen-bond donors (Lipinski definition) is 1. The number of halogens is 1. The molecule has 1 aromatic rings. The van der Waals surface area contributed by atoms with E-state index in [1.165, 1.54) is 17.5 Å². The molecule has 2 rings (SSSR count). The molecule has 2 atom stereocenters. The number of ether oxygens (including phenoxy) is 1. The maximum absolute atomic E-state index is 6.14. The third-order valence-corrected chi connectivity index (χ3v) is 3.90. The van der Waals surface area contributed by atoms with Crippen LogP contribution in [0.1, 0.15) is 36.9 Å². The summed E-state index contributed by atoms with van der Waals surface area (Å²) in [5.41, 5.74) is 2.62. The summed E-state index contributed by atoms with van der Waals surface area (Å²) in [7, 11) is 0. The molecule has 2 unspecified atom stereocenters. The second-order valence-electron chi connectivity index (χ2n) is 5.01. The van der Waals surface area contributed by atoms with Gasteiger partial charge in [-0.05, 0) is 49.6 Å². The summed E-state index contributed by atoms with van der Waals surface area (Å²) in [4.78, 5) is 0. The number of aryl methyl sites for hydroxylation is 1. The van der Waals surface area contributed by atoms with E-state index in [0.717, 1.165) is 31.2 Å². The third kappa shape index (κ3) is 3.25. The lowest BCUT2D eigenvalue weighted by atomic mass is 9.86. The van der Waals surface area contributed by atoms with Crippen LogP contribution in [0, 0.1) is 12.8 Å². The molecule has 1 aromatic carbocycles. The highest BCUT2D eigenvalue weighted by atomic mass is 35.5. The minimum atomic E-state index is 0.356. The number of rotatable bonds is 4. The molecule has 0 spiro atoms. The second kappa shape index (κ2) is 6.55. The summed E-state index contributed by atoms with van der Waals surface area (Å²) in [6, 6.07) is 6.51. The van der Waals surface area contributed by atoms with Gasteiger partial charge in [0, 0.05) is 23.6 Å². The normalized spacial score (nSPS) is 21.8. The first-order chi connectivity index (χ1) is 8.72. The molecule has 100 valence electrons. The topological polar surface area (TPSA) is 21.3 Å². The van der Waals surface area contributed by atoms with Crippen LogP contribution in [-0.4, -0.2) is 19.8 Å². The fraction of sp³-hybridized carbons (Fsp3) is 0.600. The minimum absolute atomic E-state index is 0.356. The predicted octanol–water partition coefficient (Wildman–Crippen LogP) is 3.73. The Balaban J connectivity index is 2.24. The van der Waals surface area contributed by atoms with E-state index in [2.05, 4.69) is 31.3 Å². The van der Waals surface area contributed by atoms with Gasteiger partial charge in [-0.15, -0.1) is 0 Å². The molecule has 1 aliphatic rings. The van der Waals surface area contributed by atoms with E-state index < -0.39 is 0 Å². The molecule has 1 aliphatic heterocycles. The van der Waals surface area contributed by atoms with Crippen molar-refractivity contribution in [3.8, 4) is 0 Å². The lowest BCUT2D eigenvalue weighted by molar-refractivity contribution is 0.0392. The molecule has 0 saturated carbocycles. The maximum atomic E-state index is 6.14. The lowest BCUT2D eigenvalue weighted by Gasteiger charge is -2.32. The van der Waals surface area contributed by atoms with Gasteiger partial charge in [0.15, 0.2) is 0 Å². The highest BCUT2D eigenvalue weighted by Gasteiger charge is 2.26. The van der Waals surface area contributed by atoms with Crippen LogP contribution >= 0.6 is 11.6 Å². The third-order valence-electron chi connectivity index (χ3n) is 3.67. The van der Waals surface area contributed by atoms with E-state index in [9.17, 15) is 0 Å². The van der Waals surface area contributed by atoms with Crippen LogP contribution in [0.5, 0.6) is 0 Å². The summed E-state index contributed by atoms with van der Waals surface area (Å²) >= 11 is 6.14. The Bertz CT molecular complexity index is 388. The average molecular weight is 268 g/mol. The molecule has 0 bridgehead atoms. The quantitative estimate of drug-likeness (QED) is 0.898. The highest BCUT2D eigenvalue weighted by Crippen LogP contribution is 2.32. The molecule has 1 saturated heterocycles. The number of nitrogens with one attached hydrogen (secondary N) is 1. The van der Waals surface area contributed by atoms with Crippen LogP contribution in [0.4, 0.5) is 0 Å². The smallest absolute Gasteiger partial charge is 0.0512 e. The van der Waals surface area contributed by atoms with E-state index in [4.69, 9.17) is 16.3 Å². The van der Waals surface area contributed by atoms with Crippen molar-refractivity contribution < 1.29 is 4.74 Å². The van der Waals surface area contributed by atoms with Crippen LogP contribution in [0.3, 0.4) is 0 Å². The molecular weight excluding hydrogens is 246 g/mol. The van der Waals surface area contributed by atoms with Crippen molar-refractivity contribution in [3.63, 3.8) is 0 Å². The zero-order valence-electron chi connectivity index (χ0n) is 11.2. The summed E-state index contributed by atoms with van der Waals surface area (Å²) in [5.74, 6) is 0.552. The first-order valence-electron chi connectivity index (χ1n) is 6.79. The highest BCUT2D eigenvalue weighted by molar-refractivity contribution is 6.30. The van der Waals surface area contributed by atoms with Crippen molar-refractivity contribution in [2.45, 2.75) is 32.7 Å². The minimum Gasteiger partial charge on any atom is -0.381 e. The van der Waals surface area contributed by atoms with Crippen LogP contribution in [-0.2, 0) is 4.74 Å². The van der Waals surface area contributed by atoms with Gasteiger partial charge in [0.2, 0.25) is 0 Å². The Labute approximate surface area is 115 Å². The van der Waals surface area contributed by atoms with Crippen LogP contribution in [0.2, 0.25) is 5.02 Å². The van der Waals surface area contributed by atoms with Gasteiger partial charge in [0.1, 0.15) is 0 Å². The molecule has 1 heterocycles. The maximum Gasteiger partial charge on any atom is 0.0512 e. The van der Waals surface area contributed by atoms with Gasteiger partial charge in [0.05, 0.1) is 6.61 Å². The average Bonchev–Trinajstić information content (AvgIpc) is 2.40. The van der Waals surface area contributed by atoms with Gasteiger partial charge in [-0.1, -0.05) is 24.6 Å². The number of benzene rings is 1. The van der Waals surface area contributed by atoms with E-state index in [0.29, 0.717) is 12.0 Å². The summed E-state index contributed by atoms with van der Waals surface area (Å²) in [5, 5.41) is 4.41. The van der Waals surface area contributed by atoms with Crippen molar-refractivity contribution in [3.05, 3.63) is 34.3 Å². The molecule has 1 N–H and O–H groups in total. The Morgan fingerprint density at radius 3 is 3.00 bits per heavy atom. The summed E-state index contributed by atoms with van der Waals surface area (Å²) < 4.78 is 5.63. The van der Waals surface area contributed by atoms with Crippen molar-refractivity contribution in [2.75, 3.05) is 19.8 Å². The molecule has 0 aliphatic carbocycles. The van der Waals surface area contributed by atoms with E-state index in [-0.39, 0.29) is 0 Å². The Morgan fingerprint density at radius 1 is 1.50 bits per heavy atom. The van der Waals surface area contributed by atoms with Crippen LogP contribution < -0.4 is 5.32 Å². The Hall–Kier alpha value is -0.570. The molecule has 0 aromatic heterocycles. The largest absolute Gasteiger partial charge is 0.381 e. The first-order valence-corrected chi connectivity index (χ1v) is 7.17. The summed E-state index contributed by atoms with van der Waals surface area (Å²) in [6.45, 7) is 7.02. The van der Waals surface area contributed by atoms with Gasteiger partial charge in [0.25, 0.3) is 0 Å². The van der Waals surface area contributed by atoms with Crippen LogP contribution in [0.25, 0.3) is 0 Å². The SMILES string of the molecule is CCNC(c1cc(Cl)ccc1C)C1CCCOC1. The van der Waals surface area contributed by atoms with E-state index >= 15 is 0 Å². The molecular formula is C15H22ClNO. The van der Waals surface area contributed by atoms with Gasteiger partial charge in [-0.25, -0.2) is 0 Å². The van der Waals surface area contributed by atoms with Gasteiger partial charge < -0.3 is 10.1 Å². The molecule has 0 radical (unpaired) electrons. The van der Waals surface area contributed by atoms with Gasteiger partial charge in [-0.3, -0.25) is 0 Å². The lowest BCUT2D eigenvalue weighted by Crippen LogP contribution is -2.33. The summed E-state index contributed by atoms with van der Waals surface area (Å²) in [6.07, 6.45) is 2.38. The monoisotopic (exact) mass is 267 g/mol. The predicted molar refractivity (Wildman–Crippen MR) is 76.1 cm³/mol.